The van der Waals surface area contributed by atoms with Crippen LogP contribution < -0.4 is 10.6 Å². The first-order chi connectivity index (χ1) is 10.2. The molecule has 0 amide bonds. The number of benzene rings is 1. The van der Waals surface area contributed by atoms with Gasteiger partial charge in [0, 0.05) is 17.3 Å². The van der Waals surface area contributed by atoms with Crippen molar-refractivity contribution in [3.05, 3.63) is 74.9 Å². The van der Waals surface area contributed by atoms with E-state index in [0.29, 0.717) is 6.54 Å². The Morgan fingerprint density at radius 1 is 1.33 bits per heavy atom. The van der Waals surface area contributed by atoms with E-state index in [2.05, 4.69) is 22.1 Å². The lowest BCUT2D eigenvalue weighted by Crippen LogP contribution is -2.18. The molecule has 0 fully saturated rings. The monoisotopic (exact) mass is 300 g/mol. The summed E-state index contributed by atoms with van der Waals surface area (Å²) in [4.78, 5) is 18.1. The summed E-state index contributed by atoms with van der Waals surface area (Å²) < 4.78 is 1.98. The van der Waals surface area contributed by atoms with E-state index in [1.54, 1.807) is 12.5 Å². The summed E-state index contributed by atoms with van der Waals surface area (Å²) in [6, 6.07) is 10.0. The lowest BCUT2D eigenvalue weighted by atomic mass is 10.0. The summed E-state index contributed by atoms with van der Waals surface area (Å²) in [5.41, 5.74) is 9.33. The topological polar surface area (TPSA) is 76.7 Å². The van der Waals surface area contributed by atoms with Crippen molar-refractivity contribution < 1.29 is 0 Å². The summed E-state index contributed by atoms with van der Waals surface area (Å²) >= 11 is 1.17. The summed E-state index contributed by atoms with van der Waals surface area (Å²) in [5.74, 6) is 0. The van der Waals surface area contributed by atoms with Gasteiger partial charge in [-0.3, -0.25) is 4.79 Å². The van der Waals surface area contributed by atoms with Gasteiger partial charge in [-0.15, -0.1) is 0 Å². The van der Waals surface area contributed by atoms with Crippen LogP contribution in [-0.4, -0.2) is 14.5 Å². The number of H-pyrrole nitrogens is 1. The molecule has 0 aliphatic carbocycles. The standard InChI is InChI=1S/C15H16N4OS/c16-13(6-11-4-2-1-3-5-11)14-7-17-10-19(14)8-12-9-21-15(20)18-12/h1-5,7,9-10,13H,6,8,16H2,(H,18,20)/t13-/m1/s1. The Bertz CT molecular complexity index is 759. The molecule has 0 aliphatic heterocycles. The maximum Gasteiger partial charge on any atom is 0.304 e. The number of hydrogen-bond donors (Lipinski definition) is 2. The molecular formula is C15H16N4OS. The number of imidazole rings is 1. The molecule has 0 unspecified atom stereocenters. The minimum Gasteiger partial charge on any atom is -0.327 e. The predicted molar refractivity (Wildman–Crippen MR) is 83.3 cm³/mol. The zero-order valence-electron chi connectivity index (χ0n) is 11.4. The second-order valence-corrected chi connectivity index (χ2v) is 5.76. The van der Waals surface area contributed by atoms with Crippen LogP contribution >= 0.6 is 11.3 Å². The van der Waals surface area contributed by atoms with E-state index in [0.717, 1.165) is 17.8 Å². The smallest absolute Gasteiger partial charge is 0.304 e. The molecule has 21 heavy (non-hydrogen) atoms. The molecule has 0 aliphatic rings. The Balaban J connectivity index is 1.76. The highest BCUT2D eigenvalue weighted by molar-refractivity contribution is 7.07. The average molecular weight is 300 g/mol. The van der Waals surface area contributed by atoms with Crippen molar-refractivity contribution in [2.45, 2.75) is 19.0 Å². The van der Waals surface area contributed by atoms with Crippen LogP contribution in [0.3, 0.4) is 0 Å². The maximum atomic E-state index is 11.2. The summed E-state index contributed by atoms with van der Waals surface area (Å²) in [6.07, 6.45) is 4.29. The molecular weight excluding hydrogens is 284 g/mol. The number of aromatic amines is 1. The second-order valence-electron chi connectivity index (χ2n) is 4.92. The Morgan fingerprint density at radius 2 is 2.14 bits per heavy atom. The molecule has 3 rings (SSSR count). The van der Waals surface area contributed by atoms with Gasteiger partial charge in [0.05, 0.1) is 24.6 Å². The number of aromatic nitrogens is 3. The quantitative estimate of drug-likeness (QED) is 0.756. The molecule has 3 N–H and O–H groups in total. The molecule has 0 radical (unpaired) electrons. The highest BCUT2D eigenvalue weighted by atomic mass is 32.1. The van der Waals surface area contributed by atoms with E-state index in [1.807, 2.05) is 28.1 Å². The largest absolute Gasteiger partial charge is 0.327 e. The molecule has 1 aromatic carbocycles. The first-order valence-electron chi connectivity index (χ1n) is 6.68. The lowest BCUT2D eigenvalue weighted by molar-refractivity contribution is 0.627. The van der Waals surface area contributed by atoms with Crippen molar-refractivity contribution in [1.29, 1.82) is 0 Å². The van der Waals surface area contributed by atoms with Crippen molar-refractivity contribution in [2.75, 3.05) is 0 Å². The fourth-order valence-electron chi connectivity index (χ4n) is 2.32. The lowest BCUT2D eigenvalue weighted by Gasteiger charge is -2.14. The van der Waals surface area contributed by atoms with Crippen LogP contribution in [0.25, 0.3) is 0 Å². The molecule has 0 saturated carbocycles. The van der Waals surface area contributed by atoms with Crippen LogP contribution in [0.2, 0.25) is 0 Å². The molecule has 1 atom stereocenters. The van der Waals surface area contributed by atoms with Gasteiger partial charge in [-0.2, -0.15) is 0 Å². The summed E-state index contributed by atoms with van der Waals surface area (Å²) in [6.45, 7) is 0.580. The van der Waals surface area contributed by atoms with Gasteiger partial charge in [-0.05, 0) is 12.0 Å². The average Bonchev–Trinajstić information content (AvgIpc) is 3.10. The molecule has 5 nitrogen and oxygen atoms in total. The zero-order chi connectivity index (χ0) is 14.7. The molecule has 2 aromatic heterocycles. The fraction of sp³-hybridized carbons (Fsp3) is 0.200. The Kier molecular flexibility index (Phi) is 3.98. The number of nitrogens with two attached hydrogens (primary N) is 1. The van der Waals surface area contributed by atoms with Gasteiger partial charge in [0.2, 0.25) is 0 Å². The normalized spacial score (nSPS) is 12.4. The van der Waals surface area contributed by atoms with Gasteiger partial charge < -0.3 is 15.3 Å². The van der Waals surface area contributed by atoms with E-state index >= 15 is 0 Å². The van der Waals surface area contributed by atoms with E-state index in [-0.39, 0.29) is 10.9 Å². The van der Waals surface area contributed by atoms with Gasteiger partial charge in [-0.25, -0.2) is 4.98 Å². The first-order valence-corrected chi connectivity index (χ1v) is 7.56. The molecule has 6 heteroatoms. The molecule has 2 heterocycles. The van der Waals surface area contributed by atoms with E-state index in [9.17, 15) is 4.79 Å². The summed E-state index contributed by atoms with van der Waals surface area (Å²) in [5, 5.41) is 1.83. The van der Waals surface area contributed by atoms with Crippen molar-refractivity contribution >= 4 is 11.3 Å². The van der Waals surface area contributed by atoms with E-state index in [4.69, 9.17) is 5.73 Å². The number of thiazole rings is 1. The van der Waals surface area contributed by atoms with Crippen molar-refractivity contribution in [2.24, 2.45) is 5.73 Å². The van der Waals surface area contributed by atoms with Crippen molar-refractivity contribution in [3.8, 4) is 0 Å². The Labute approximate surface area is 126 Å². The number of hydrogen-bond acceptors (Lipinski definition) is 4. The van der Waals surface area contributed by atoms with Crippen LogP contribution in [0.1, 0.15) is 23.0 Å². The fourth-order valence-corrected chi connectivity index (χ4v) is 2.89. The maximum absolute atomic E-state index is 11.2. The van der Waals surface area contributed by atoms with E-state index < -0.39 is 0 Å². The third kappa shape index (κ3) is 3.29. The van der Waals surface area contributed by atoms with Crippen LogP contribution in [-0.2, 0) is 13.0 Å². The first kappa shape index (κ1) is 13.8. The van der Waals surface area contributed by atoms with Crippen LogP contribution in [0.4, 0.5) is 0 Å². The van der Waals surface area contributed by atoms with Crippen LogP contribution in [0, 0.1) is 0 Å². The number of nitrogens with one attached hydrogen (secondary N) is 1. The van der Waals surface area contributed by atoms with Gasteiger partial charge in [0.25, 0.3) is 0 Å². The van der Waals surface area contributed by atoms with E-state index in [1.165, 1.54) is 16.9 Å². The second kappa shape index (κ2) is 6.07. The van der Waals surface area contributed by atoms with Crippen molar-refractivity contribution in [1.82, 2.24) is 14.5 Å². The molecule has 0 saturated heterocycles. The SMILES string of the molecule is N[C@H](Cc1ccccc1)c1cncn1Cc1csc(=O)[nH]1. The summed E-state index contributed by atoms with van der Waals surface area (Å²) in [7, 11) is 0. The third-order valence-corrected chi connectivity index (χ3v) is 4.05. The van der Waals surface area contributed by atoms with Crippen LogP contribution in [0.5, 0.6) is 0 Å². The third-order valence-electron chi connectivity index (χ3n) is 3.33. The molecule has 3 aromatic rings. The zero-order valence-corrected chi connectivity index (χ0v) is 12.2. The minimum atomic E-state index is -0.125. The van der Waals surface area contributed by atoms with Gasteiger partial charge in [-0.1, -0.05) is 41.7 Å². The predicted octanol–water partition coefficient (Wildman–Crippen LogP) is 1.92. The molecule has 0 bridgehead atoms. The number of rotatable bonds is 5. The highest BCUT2D eigenvalue weighted by Crippen LogP contribution is 2.16. The van der Waals surface area contributed by atoms with Gasteiger partial charge >= 0.3 is 4.87 Å². The van der Waals surface area contributed by atoms with Crippen molar-refractivity contribution in [3.63, 3.8) is 0 Å². The Hall–Kier alpha value is -2.18. The molecule has 0 spiro atoms. The van der Waals surface area contributed by atoms with Crippen LogP contribution in [0.15, 0.2) is 53.0 Å². The van der Waals surface area contributed by atoms with Gasteiger partial charge in [0.15, 0.2) is 0 Å². The Morgan fingerprint density at radius 3 is 2.86 bits per heavy atom. The minimum absolute atomic E-state index is 0.0414. The number of nitrogens with zero attached hydrogens (tertiary/aromatic N) is 2. The van der Waals surface area contributed by atoms with Gasteiger partial charge in [0.1, 0.15) is 0 Å². The molecule has 108 valence electrons. The highest BCUT2D eigenvalue weighted by Gasteiger charge is 2.13.